The molecule has 1 heterocycles. The van der Waals surface area contributed by atoms with Gasteiger partial charge < -0.3 is 0 Å². The first kappa shape index (κ1) is 7.29. The van der Waals surface area contributed by atoms with Crippen LogP contribution in [0.2, 0.25) is 5.15 Å². The van der Waals surface area contributed by atoms with Crippen LogP contribution in [0, 0.1) is 0 Å². The van der Waals surface area contributed by atoms with E-state index < -0.39 is 0 Å². The van der Waals surface area contributed by atoms with Crippen LogP contribution in [0.25, 0.3) is 6.08 Å². The molecule has 0 saturated heterocycles. The highest BCUT2D eigenvalue weighted by Gasteiger charge is 1.86. The molecule has 0 N–H and O–H groups in total. The van der Waals surface area contributed by atoms with E-state index in [-0.39, 0.29) is 0 Å². The van der Waals surface area contributed by atoms with Crippen LogP contribution >= 0.6 is 11.6 Å². The van der Waals surface area contributed by atoms with Gasteiger partial charge in [0, 0.05) is 6.20 Å². The highest BCUT2D eigenvalue weighted by atomic mass is 35.5. The largest absolute Gasteiger partial charge is 0.244 e. The molecule has 0 aliphatic carbocycles. The van der Waals surface area contributed by atoms with Crippen molar-refractivity contribution in [2.24, 2.45) is 0 Å². The Hall–Kier alpha value is -0.820. The van der Waals surface area contributed by atoms with Crippen molar-refractivity contribution in [2.75, 3.05) is 0 Å². The fourth-order valence-corrected chi connectivity index (χ4v) is 0.790. The molecule has 1 aromatic rings. The third kappa shape index (κ3) is 1.85. The van der Waals surface area contributed by atoms with Gasteiger partial charge in [0.15, 0.2) is 0 Å². The van der Waals surface area contributed by atoms with Gasteiger partial charge in [0.1, 0.15) is 5.15 Å². The van der Waals surface area contributed by atoms with E-state index in [0.29, 0.717) is 5.15 Å². The highest BCUT2D eigenvalue weighted by molar-refractivity contribution is 6.29. The minimum absolute atomic E-state index is 0.535. The second kappa shape index (κ2) is 3.37. The van der Waals surface area contributed by atoms with Gasteiger partial charge in [-0.3, -0.25) is 0 Å². The van der Waals surface area contributed by atoms with Crippen LogP contribution in [0.1, 0.15) is 12.5 Å². The average Bonchev–Trinajstić information content (AvgIpc) is 1.95. The summed E-state index contributed by atoms with van der Waals surface area (Å²) in [5, 5.41) is 0.535. The zero-order valence-electron chi connectivity index (χ0n) is 5.71. The molecule has 0 amide bonds. The van der Waals surface area contributed by atoms with Gasteiger partial charge in [-0.25, -0.2) is 4.98 Å². The molecule has 1 nitrogen and oxygen atoms in total. The van der Waals surface area contributed by atoms with E-state index in [0.717, 1.165) is 5.56 Å². The van der Waals surface area contributed by atoms with Gasteiger partial charge in [-0.15, -0.1) is 0 Å². The predicted molar refractivity (Wildman–Crippen MR) is 44.0 cm³/mol. The number of halogens is 1. The average molecular weight is 154 g/mol. The number of allylic oxidation sites excluding steroid dienone is 1. The molecule has 0 aromatic carbocycles. The monoisotopic (exact) mass is 153 g/mol. The Kier molecular flexibility index (Phi) is 2.46. The number of aromatic nitrogens is 1. The van der Waals surface area contributed by atoms with Crippen molar-refractivity contribution in [3.8, 4) is 0 Å². The molecule has 0 aliphatic heterocycles. The van der Waals surface area contributed by atoms with Crippen LogP contribution in [0.4, 0.5) is 0 Å². The van der Waals surface area contributed by atoms with Crippen molar-refractivity contribution in [1.82, 2.24) is 4.98 Å². The van der Waals surface area contributed by atoms with Gasteiger partial charge in [0.05, 0.1) is 0 Å². The number of rotatable bonds is 1. The summed E-state index contributed by atoms with van der Waals surface area (Å²) >= 11 is 5.58. The summed E-state index contributed by atoms with van der Waals surface area (Å²) in [6.07, 6.45) is 5.68. The van der Waals surface area contributed by atoms with E-state index in [1.54, 1.807) is 12.3 Å². The summed E-state index contributed by atoms with van der Waals surface area (Å²) in [6, 6.07) is 3.70. The summed E-state index contributed by atoms with van der Waals surface area (Å²) in [5.41, 5.74) is 1.08. The molecule has 1 rings (SSSR count). The standard InChI is InChI=1S/C8H8ClN/c1-2-3-7-4-5-8(9)10-6-7/h2-6H,1H3/b3-2+. The smallest absolute Gasteiger partial charge is 0.129 e. The lowest BCUT2D eigenvalue weighted by molar-refractivity contribution is 1.32. The van der Waals surface area contributed by atoms with Gasteiger partial charge in [-0.2, -0.15) is 0 Å². The summed E-state index contributed by atoms with van der Waals surface area (Å²) < 4.78 is 0. The first-order valence-corrected chi connectivity index (χ1v) is 3.45. The third-order valence-electron chi connectivity index (χ3n) is 1.11. The molecule has 10 heavy (non-hydrogen) atoms. The summed E-state index contributed by atoms with van der Waals surface area (Å²) in [5.74, 6) is 0. The van der Waals surface area contributed by atoms with Gasteiger partial charge in [0.2, 0.25) is 0 Å². The van der Waals surface area contributed by atoms with Crippen LogP contribution in [0.5, 0.6) is 0 Å². The number of pyridine rings is 1. The van der Waals surface area contributed by atoms with Crippen LogP contribution < -0.4 is 0 Å². The maximum Gasteiger partial charge on any atom is 0.129 e. The topological polar surface area (TPSA) is 12.9 Å². The van der Waals surface area contributed by atoms with Crippen LogP contribution in [-0.2, 0) is 0 Å². The van der Waals surface area contributed by atoms with Crippen molar-refractivity contribution in [2.45, 2.75) is 6.92 Å². The molecule has 0 saturated carbocycles. The lowest BCUT2D eigenvalue weighted by Crippen LogP contribution is -1.75. The fraction of sp³-hybridized carbons (Fsp3) is 0.125. The Morgan fingerprint density at radius 1 is 1.50 bits per heavy atom. The van der Waals surface area contributed by atoms with Gasteiger partial charge in [-0.05, 0) is 18.6 Å². The molecule has 1 aromatic heterocycles. The molecular weight excluding hydrogens is 146 g/mol. The van der Waals surface area contributed by atoms with Crippen molar-refractivity contribution in [1.29, 1.82) is 0 Å². The van der Waals surface area contributed by atoms with Gasteiger partial charge in [0.25, 0.3) is 0 Å². The van der Waals surface area contributed by atoms with E-state index >= 15 is 0 Å². The molecule has 0 spiro atoms. The van der Waals surface area contributed by atoms with Crippen LogP contribution in [-0.4, -0.2) is 4.98 Å². The zero-order valence-corrected chi connectivity index (χ0v) is 6.47. The number of hydrogen-bond donors (Lipinski definition) is 0. The minimum Gasteiger partial charge on any atom is -0.244 e. The summed E-state index contributed by atoms with van der Waals surface area (Å²) in [6.45, 7) is 1.97. The van der Waals surface area contributed by atoms with Crippen molar-refractivity contribution >= 4 is 17.7 Å². The van der Waals surface area contributed by atoms with Gasteiger partial charge >= 0.3 is 0 Å². The molecule has 2 heteroatoms. The Balaban J connectivity index is 2.89. The second-order valence-electron chi connectivity index (χ2n) is 1.91. The van der Waals surface area contributed by atoms with Crippen molar-refractivity contribution in [3.63, 3.8) is 0 Å². The molecular formula is C8H8ClN. The van der Waals surface area contributed by atoms with E-state index in [1.165, 1.54) is 0 Å². The van der Waals surface area contributed by atoms with Crippen LogP contribution in [0.15, 0.2) is 24.4 Å². The van der Waals surface area contributed by atoms with Crippen molar-refractivity contribution in [3.05, 3.63) is 35.1 Å². The maximum absolute atomic E-state index is 5.58. The minimum atomic E-state index is 0.535. The highest BCUT2D eigenvalue weighted by Crippen LogP contribution is 2.05. The van der Waals surface area contributed by atoms with Crippen LogP contribution in [0.3, 0.4) is 0 Å². The molecule has 0 fully saturated rings. The zero-order chi connectivity index (χ0) is 7.40. The first-order chi connectivity index (χ1) is 4.83. The number of nitrogens with zero attached hydrogens (tertiary/aromatic N) is 1. The predicted octanol–water partition coefficient (Wildman–Crippen LogP) is 2.77. The molecule has 52 valence electrons. The lowest BCUT2D eigenvalue weighted by Gasteiger charge is -1.90. The normalized spacial score (nSPS) is 10.6. The summed E-state index contributed by atoms with van der Waals surface area (Å²) in [4.78, 5) is 3.91. The third-order valence-corrected chi connectivity index (χ3v) is 1.33. The molecule has 0 unspecified atom stereocenters. The Morgan fingerprint density at radius 3 is 2.80 bits per heavy atom. The lowest BCUT2D eigenvalue weighted by atomic mass is 10.3. The molecule has 0 atom stereocenters. The van der Waals surface area contributed by atoms with Gasteiger partial charge in [-0.1, -0.05) is 29.8 Å². The molecule has 0 radical (unpaired) electrons. The Bertz CT molecular complexity index is 226. The van der Waals surface area contributed by atoms with Crippen molar-refractivity contribution < 1.29 is 0 Å². The quantitative estimate of drug-likeness (QED) is 0.566. The first-order valence-electron chi connectivity index (χ1n) is 3.07. The molecule has 0 aliphatic rings. The van der Waals surface area contributed by atoms with E-state index in [4.69, 9.17) is 11.6 Å². The Morgan fingerprint density at radius 2 is 2.30 bits per heavy atom. The summed E-state index contributed by atoms with van der Waals surface area (Å²) in [7, 11) is 0. The maximum atomic E-state index is 5.58. The Labute approximate surface area is 65.4 Å². The molecule has 0 bridgehead atoms. The van der Waals surface area contributed by atoms with E-state index in [2.05, 4.69) is 4.98 Å². The van der Waals surface area contributed by atoms with E-state index in [9.17, 15) is 0 Å². The number of hydrogen-bond acceptors (Lipinski definition) is 1. The van der Waals surface area contributed by atoms with E-state index in [1.807, 2.05) is 25.1 Å². The fourth-order valence-electron chi connectivity index (χ4n) is 0.678. The second-order valence-corrected chi connectivity index (χ2v) is 2.30. The SMILES string of the molecule is C/C=C/c1ccc(Cl)nc1.